The minimum Gasteiger partial charge on any atom is -0.356 e. The lowest BCUT2D eigenvalue weighted by Gasteiger charge is -2.29. The maximum atomic E-state index is 4.30. The topological polar surface area (TPSA) is 49.3 Å². The molecule has 1 heterocycles. The van der Waals surface area contributed by atoms with Crippen LogP contribution in [0.3, 0.4) is 0 Å². The molecule has 110 valence electrons. The molecular formula is C16H26N4. The van der Waals surface area contributed by atoms with Crippen LogP contribution in [-0.4, -0.2) is 24.5 Å². The van der Waals surface area contributed by atoms with Crippen molar-refractivity contribution < 1.29 is 0 Å². The molecule has 0 aromatic carbocycles. The van der Waals surface area contributed by atoms with Gasteiger partial charge in [0.05, 0.1) is 12.2 Å². The quantitative estimate of drug-likeness (QED) is 0.655. The van der Waals surface area contributed by atoms with E-state index in [1.807, 2.05) is 31.4 Å². The SMILES string of the molecule is CN=C(NCc1ccccn1)NCC1CCCCC1C. The zero-order chi connectivity index (χ0) is 14.2. The van der Waals surface area contributed by atoms with E-state index < -0.39 is 0 Å². The summed E-state index contributed by atoms with van der Waals surface area (Å²) in [6.45, 7) is 4.10. The molecule has 2 unspecified atom stereocenters. The molecule has 20 heavy (non-hydrogen) atoms. The van der Waals surface area contributed by atoms with Crippen LogP contribution in [0.15, 0.2) is 29.4 Å². The lowest BCUT2D eigenvalue weighted by molar-refractivity contribution is 0.256. The minimum atomic E-state index is 0.709. The van der Waals surface area contributed by atoms with Gasteiger partial charge in [-0.25, -0.2) is 0 Å². The second kappa shape index (κ2) is 7.88. The van der Waals surface area contributed by atoms with Crippen LogP contribution >= 0.6 is 0 Å². The summed E-state index contributed by atoms with van der Waals surface area (Å²) in [5.41, 5.74) is 1.03. The Labute approximate surface area is 122 Å². The zero-order valence-electron chi connectivity index (χ0n) is 12.6. The Morgan fingerprint density at radius 1 is 1.30 bits per heavy atom. The van der Waals surface area contributed by atoms with Gasteiger partial charge < -0.3 is 10.6 Å². The van der Waals surface area contributed by atoms with Gasteiger partial charge in [0, 0.05) is 19.8 Å². The van der Waals surface area contributed by atoms with Crippen LogP contribution in [0.4, 0.5) is 0 Å². The molecule has 0 saturated heterocycles. The molecule has 1 aromatic rings. The van der Waals surface area contributed by atoms with Crippen LogP contribution in [0.5, 0.6) is 0 Å². The van der Waals surface area contributed by atoms with Crippen LogP contribution in [-0.2, 0) is 6.54 Å². The van der Waals surface area contributed by atoms with E-state index >= 15 is 0 Å². The van der Waals surface area contributed by atoms with Gasteiger partial charge in [-0.1, -0.05) is 32.3 Å². The van der Waals surface area contributed by atoms with Gasteiger partial charge >= 0.3 is 0 Å². The third-order valence-corrected chi connectivity index (χ3v) is 4.21. The smallest absolute Gasteiger partial charge is 0.191 e. The third-order valence-electron chi connectivity index (χ3n) is 4.21. The van der Waals surface area contributed by atoms with E-state index in [0.29, 0.717) is 6.54 Å². The molecule has 1 fully saturated rings. The highest BCUT2D eigenvalue weighted by Gasteiger charge is 2.21. The van der Waals surface area contributed by atoms with Crippen molar-refractivity contribution in [3.05, 3.63) is 30.1 Å². The van der Waals surface area contributed by atoms with Gasteiger partial charge in [0.25, 0.3) is 0 Å². The molecule has 1 aromatic heterocycles. The number of nitrogens with zero attached hydrogens (tertiary/aromatic N) is 2. The standard InChI is InChI=1S/C16H26N4/c1-13-7-3-4-8-14(13)11-19-16(17-2)20-12-15-9-5-6-10-18-15/h5-6,9-10,13-14H,3-4,7-8,11-12H2,1-2H3,(H2,17,19,20). The molecule has 4 heteroatoms. The van der Waals surface area contributed by atoms with Crippen LogP contribution < -0.4 is 10.6 Å². The van der Waals surface area contributed by atoms with E-state index in [4.69, 9.17) is 0 Å². The minimum absolute atomic E-state index is 0.709. The van der Waals surface area contributed by atoms with Crippen LogP contribution in [0.2, 0.25) is 0 Å². The highest BCUT2D eigenvalue weighted by atomic mass is 15.2. The summed E-state index contributed by atoms with van der Waals surface area (Å²) in [6.07, 6.45) is 7.29. The van der Waals surface area contributed by atoms with Crippen molar-refractivity contribution in [2.24, 2.45) is 16.8 Å². The van der Waals surface area contributed by atoms with Crippen molar-refractivity contribution in [3.8, 4) is 0 Å². The third kappa shape index (κ3) is 4.51. The van der Waals surface area contributed by atoms with Crippen molar-refractivity contribution >= 4 is 5.96 Å². The molecule has 0 spiro atoms. The molecule has 1 aliphatic rings. The molecule has 0 amide bonds. The monoisotopic (exact) mass is 274 g/mol. The maximum Gasteiger partial charge on any atom is 0.191 e. The molecule has 2 atom stereocenters. The van der Waals surface area contributed by atoms with Crippen molar-refractivity contribution in [1.29, 1.82) is 0 Å². The highest BCUT2D eigenvalue weighted by molar-refractivity contribution is 5.79. The van der Waals surface area contributed by atoms with Gasteiger partial charge in [0.1, 0.15) is 0 Å². The van der Waals surface area contributed by atoms with Gasteiger partial charge in [-0.3, -0.25) is 9.98 Å². The molecule has 1 saturated carbocycles. The Morgan fingerprint density at radius 2 is 2.15 bits per heavy atom. The summed E-state index contributed by atoms with van der Waals surface area (Å²) in [6, 6.07) is 5.95. The summed E-state index contributed by atoms with van der Waals surface area (Å²) in [7, 11) is 1.82. The van der Waals surface area contributed by atoms with Crippen LogP contribution in [0.25, 0.3) is 0 Å². The lowest BCUT2D eigenvalue weighted by atomic mass is 9.80. The molecule has 2 rings (SSSR count). The van der Waals surface area contributed by atoms with E-state index in [1.165, 1.54) is 25.7 Å². The number of aromatic nitrogens is 1. The second-order valence-electron chi connectivity index (χ2n) is 5.65. The average molecular weight is 274 g/mol. The fraction of sp³-hybridized carbons (Fsp3) is 0.625. The van der Waals surface area contributed by atoms with E-state index in [2.05, 4.69) is 27.5 Å². The Hall–Kier alpha value is -1.58. The van der Waals surface area contributed by atoms with Crippen LogP contribution in [0.1, 0.15) is 38.3 Å². The summed E-state index contributed by atoms with van der Waals surface area (Å²) in [5, 5.41) is 6.77. The van der Waals surface area contributed by atoms with E-state index in [0.717, 1.165) is 30.0 Å². The number of hydrogen-bond donors (Lipinski definition) is 2. The Kier molecular flexibility index (Phi) is 5.84. The number of rotatable bonds is 4. The number of aliphatic imine (C=N–C) groups is 1. The number of guanidine groups is 1. The second-order valence-corrected chi connectivity index (χ2v) is 5.65. The first-order valence-electron chi connectivity index (χ1n) is 7.64. The average Bonchev–Trinajstić information content (AvgIpc) is 2.50. The zero-order valence-corrected chi connectivity index (χ0v) is 12.6. The molecule has 4 nitrogen and oxygen atoms in total. The van der Waals surface area contributed by atoms with E-state index in [-0.39, 0.29) is 0 Å². The van der Waals surface area contributed by atoms with Crippen LogP contribution in [0, 0.1) is 11.8 Å². The predicted octanol–water partition coefficient (Wildman–Crippen LogP) is 2.57. The molecule has 0 radical (unpaired) electrons. The van der Waals surface area contributed by atoms with E-state index in [1.54, 1.807) is 0 Å². The van der Waals surface area contributed by atoms with Crippen molar-refractivity contribution in [1.82, 2.24) is 15.6 Å². The summed E-state index contributed by atoms with van der Waals surface area (Å²) in [4.78, 5) is 8.58. The normalized spacial score (nSPS) is 23.4. The molecule has 0 aliphatic heterocycles. The Morgan fingerprint density at radius 3 is 2.85 bits per heavy atom. The lowest BCUT2D eigenvalue weighted by Crippen LogP contribution is -2.41. The van der Waals surface area contributed by atoms with Gasteiger partial charge in [-0.2, -0.15) is 0 Å². The Balaban J connectivity index is 1.75. The molecule has 2 N–H and O–H groups in total. The van der Waals surface area contributed by atoms with Crippen molar-refractivity contribution in [3.63, 3.8) is 0 Å². The number of hydrogen-bond acceptors (Lipinski definition) is 2. The fourth-order valence-corrected chi connectivity index (χ4v) is 2.82. The first kappa shape index (κ1) is 14.8. The molecular weight excluding hydrogens is 248 g/mol. The maximum absolute atomic E-state index is 4.30. The van der Waals surface area contributed by atoms with E-state index in [9.17, 15) is 0 Å². The Bertz CT molecular complexity index is 416. The van der Waals surface area contributed by atoms with Gasteiger partial charge in [0.2, 0.25) is 0 Å². The summed E-state index contributed by atoms with van der Waals surface area (Å²) < 4.78 is 0. The first-order chi connectivity index (χ1) is 9.79. The van der Waals surface area contributed by atoms with Gasteiger partial charge in [0.15, 0.2) is 5.96 Å². The molecule has 0 bridgehead atoms. The largest absolute Gasteiger partial charge is 0.356 e. The highest BCUT2D eigenvalue weighted by Crippen LogP contribution is 2.28. The van der Waals surface area contributed by atoms with Crippen molar-refractivity contribution in [2.75, 3.05) is 13.6 Å². The van der Waals surface area contributed by atoms with Crippen molar-refractivity contribution in [2.45, 2.75) is 39.2 Å². The predicted molar refractivity (Wildman–Crippen MR) is 83.6 cm³/mol. The number of pyridine rings is 1. The fourth-order valence-electron chi connectivity index (χ4n) is 2.82. The van der Waals surface area contributed by atoms with Gasteiger partial charge in [-0.05, 0) is 30.4 Å². The first-order valence-corrected chi connectivity index (χ1v) is 7.64. The van der Waals surface area contributed by atoms with Gasteiger partial charge in [-0.15, -0.1) is 0 Å². The number of nitrogens with one attached hydrogen (secondary N) is 2. The summed E-state index contributed by atoms with van der Waals surface area (Å²) >= 11 is 0. The molecule has 1 aliphatic carbocycles. The summed E-state index contributed by atoms with van der Waals surface area (Å²) in [5.74, 6) is 2.47.